The molecule has 3 rings (SSSR count). The molecule has 0 radical (unpaired) electrons. The summed E-state index contributed by atoms with van der Waals surface area (Å²) in [5.41, 5.74) is 2.31. The number of methoxy groups -OCH3 is 1. The number of ether oxygens (including phenoxy) is 1. The number of nitrogens with one attached hydrogen (secondary N) is 1. The van der Waals surface area contributed by atoms with Crippen molar-refractivity contribution in [1.82, 2.24) is 20.1 Å². The highest BCUT2D eigenvalue weighted by molar-refractivity contribution is 5.95. The second-order valence-electron chi connectivity index (χ2n) is 6.19. The topological polar surface area (TPSA) is 69.0 Å². The van der Waals surface area contributed by atoms with Crippen LogP contribution in [-0.2, 0) is 6.54 Å². The van der Waals surface area contributed by atoms with Crippen LogP contribution in [0, 0.1) is 0 Å². The lowest BCUT2D eigenvalue weighted by Crippen LogP contribution is -2.24. The molecule has 26 heavy (non-hydrogen) atoms. The molecule has 0 bridgehead atoms. The fourth-order valence-electron chi connectivity index (χ4n) is 2.87. The van der Waals surface area contributed by atoms with Gasteiger partial charge in [0.2, 0.25) is 0 Å². The summed E-state index contributed by atoms with van der Waals surface area (Å²) in [7, 11) is 1.62. The standard InChI is InChI=1S/C20H22N4O2/c1-14(2)19-16(13-23-24(19)18-10-6-7-11-21-18)20(25)22-12-15-8-4-5-9-17(15)26-3/h4-11,13-14H,12H2,1-3H3,(H,22,25). The van der Waals surface area contributed by atoms with E-state index in [-0.39, 0.29) is 11.8 Å². The Morgan fingerprint density at radius 2 is 1.96 bits per heavy atom. The van der Waals surface area contributed by atoms with Gasteiger partial charge in [0.15, 0.2) is 5.82 Å². The fraction of sp³-hybridized carbons (Fsp3) is 0.250. The molecule has 0 saturated carbocycles. The van der Waals surface area contributed by atoms with Crippen molar-refractivity contribution in [1.29, 1.82) is 0 Å². The zero-order valence-electron chi connectivity index (χ0n) is 15.1. The molecule has 0 atom stereocenters. The zero-order chi connectivity index (χ0) is 18.5. The van der Waals surface area contributed by atoms with Gasteiger partial charge in [0, 0.05) is 18.3 Å². The van der Waals surface area contributed by atoms with Crippen molar-refractivity contribution in [3.8, 4) is 11.6 Å². The SMILES string of the molecule is COc1ccccc1CNC(=O)c1cnn(-c2ccccn2)c1C(C)C. The Hall–Kier alpha value is -3.15. The number of hydrogen-bond donors (Lipinski definition) is 1. The molecule has 1 amide bonds. The van der Waals surface area contributed by atoms with Crippen molar-refractivity contribution in [2.75, 3.05) is 7.11 Å². The Labute approximate surface area is 152 Å². The maximum Gasteiger partial charge on any atom is 0.255 e. The summed E-state index contributed by atoms with van der Waals surface area (Å²) in [6, 6.07) is 13.2. The molecule has 1 aromatic carbocycles. The van der Waals surface area contributed by atoms with Crippen LogP contribution in [-0.4, -0.2) is 27.8 Å². The lowest BCUT2D eigenvalue weighted by atomic mass is 10.1. The van der Waals surface area contributed by atoms with Crippen LogP contribution >= 0.6 is 0 Å². The summed E-state index contributed by atoms with van der Waals surface area (Å²) in [4.78, 5) is 17.1. The van der Waals surface area contributed by atoms with E-state index in [1.165, 1.54) is 0 Å². The monoisotopic (exact) mass is 350 g/mol. The number of nitrogens with zero attached hydrogens (tertiary/aromatic N) is 3. The van der Waals surface area contributed by atoms with Gasteiger partial charge in [0.25, 0.3) is 5.91 Å². The normalized spacial score (nSPS) is 10.8. The van der Waals surface area contributed by atoms with E-state index < -0.39 is 0 Å². The molecule has 6 nitrogen and oxygen atoms in total. The van der Waals surface area contributed by atoms with E-state index in [0.29, 0.717) is 17.9 Å². The Bertz CT molecular complexity index is 888. The molecule has 0 unspecified atom stereocenters. The Morgan fingerprint density at radius 1 is 1.19 bits per heavy atom. The van der Waals surface area contributed by atoms with Crippen molar-refractivity contribution >= 4 is 5.91 Å². The largest absolute Gasteiger partial charge is 0.496 e. The predicted molar refractivity (Wildman–Crippen MR) is 99.6 cm³/mol. The van der Waals surface area contributed by atoms with Crippen LogP contribution in [0.1, 0.15) is 41.4 Å². The number of carbonyl (C=O) groups excluding carboxylic acids is 1. The smallest absolute Gasteiger partial charge is 0.255 e. The molecule has 2 heterocycles. The molecule has 0 spiro atoms. The molecule has 0 fully saturated rings. The molecule has 2 aromatic heterocycles. The van der Waals surface area contributed by atoms with Crippen LogP contribution in [0.2, 0.25) is 0 Å². The lowest BCUT2D eigenvalue weighted by Gasteiger charge is -2.13. The third-order valence-electron chi connectivity index (χ3n) is 4.10. The molecular weight excluding hydrogens is 328 g/mol. The maximum atomic E-state index is 12.8. The van der Waals surface area contributed by atoms with Gasteiger partial charge in [-0.25, -0.2) is 9.67 Å². The van der Waals surface area contributed by atoms with Gasteiger partial charge in [-0.1, -0.05) is 38.1 Å². The second-order valence-corrected chi connectivity index (χ2v) is 6.19. The first kappa shape index (κ1) is 17.7. The van der Waals surface area contributed by atoms with E-state index in [4.69, 9.17) is 4.74 Å². The van der Waals surface area contributed by atoms with Gasteiger partial charge >= 0.3 is 0 Å². The highest BCUT2D eigenvalue weighted by atomic mass is 16.5. The maximum absolute atomic E-state index is 12.8. The van der Waals surface area contributed by atoms with Gasteiger partial charge in [0.1, 0.15) is 5.75 Å². The second kappa shape index (κ2) is 7.82. The average molecular weight is 350 g/mol. The number of aromatic nitrogens is 3. The molecule has 3 aromatic rings. The average Bonchev–Trinajstić information content (AvgIpc) is 3.12. The molecule has 0 aliphatic rings. The van der Waals surface area contributed by atoms with Crippen molar-refractivity contribution in [2.24, 2.45) is 0 Å². The summed E-state index contributed by atoms with van der Waals surface area (Å²) < 4.78 is 7.06. The summed E-state index contributed by atoms with van der Waals surface area (Å²) in [6.07, 6.45) is 3.31. The lowest BCUT2D eigenvalue weighted by molar-refractivity contribution is 0.0949. The van der Waals surface area contributed by atoms with E-state index >= 15 is 0 Å². The van der Waals surface area contributed by atoms with Crippen molar-refractivity contribution < 1.29 is 9.53 Å². The van der Waals surface area contributed by atoms with E-state index in [1.807, 2.05) is 56.3 Å². The Balaban J connectivity index is 1.85. The molecule has 134 valence electrons. The van der Waals surface area contributed by atoms with Gasteiger partial charge in [-0.2, -0.15) is 5.10 Å². The van der Waals surface area contributed by atoms with Crippen LogP contribution in [0.15, 0.2) is 54.9 Å². The van der Waals surface area contributed by atoms with E-state index in [1.54, 1.807) is 24.2 Å². The summed E-state index contributed by atoms with van der Waals surface area (Å²) >= 11 is 0. The van der Waals surface area contributed by atoms with E-state index in [9.17, 15) is 4.79 Å². The number of amides is 1. The minimum atomic E-state index is -0.165. The predicted octanol–water partition coefficient (Wildman–Crippen LogP) is 3.33. The van der Waals surface area contributed by atoms with Crippen molar-refractivity contribution in [3.63, 3.8) is 0 Å². The molecule has 0 aliphatic carbocycles. The minimum absolute atomic E-state index is 0.117. The Kier molecular flexibility index (Phi) is 5.31. The summed E-state index contributed by atoms with van der Waals surface area (Å²) in [5, 5.41) is 7.34. The molecule has 0 saturated heterocycles. The van der Waals surface area contributed by atoms with Gasteiger partial charge in [-0.15, -0.1) is 0 Å². The Morgan fingerprint density at radius 3 is 2.65 bits per heavy atom. The van der Waals surface area contributed by atoms with E-state index in [2.05, 4.69) is 15.4 Å². The number of rotatable bonds is 6. The van der Waals surface area contributed by atoms with Crippen molar-refractivity contribution in [3.05, 3.63) is 71.7 Å². The number of benzene rings is 1. The van der Waals surface area contributed by atoms with Crippen LogP contribution in [0.4, 0.5) is 0 Å². The third kappa shape index (κ3) is 3.59. The van der Waals surface area contributed by atoms with Crippen LogP contribution in [0.25, 0.3) is 5.82 Å². The van der Waals surface area contributed by atoms with Gasteiger partial charge in [-0.05, 0) is 24.1 Å². The van der Waals surface area contributed by atoms with Crippen LogP contribution < -0.4 is 10.1 Å². The minimum Gasteiger partial charge on any atom is -0.496 e. The molecule has 0 aliphatic heterocycles. The van der Waals surface area contributed by atoms with Gasteiger partial charge < -0.3 is 10.1 Å². The number of pyridine rings is 1. The fourth-order valence-corrected chi connectivity index (χ4v) is 2.87. The number of carbonyl (C=O) groups is 1. The summed E-state index contributed by atoms with van der Waals surface area (Å²) in [5.74, 6) is 1.40. The summed E-state index contributed by atoms with van der Waals surface area (Å²) in [6.45, 7) is 4.45. The quantitative estimate of drug-likeness (QED) is 0.740. The molecular formula is C20H22N4O2. The highest BCUT2D eigenvalue weighted by Gasteiger charge is 2.21. The van der Waals surface area contributed by atoms with Gasteiger partial charge in [0.05, 0.1) is 24.6 Å². The van der Waals surface area contributed by atoms with Crippen LogP contribution in [0.3, 0.4) is 0 Å². The first-order valence-corrected chi connectivity index (χ1v) is 8.51. The molecule has 1 N–H and O–H groups in total. The third-order valence-corrected chi connectivity index (χ3v) is 4.10. The number of hydrogen-bond acceptors (Lipinski definition) is 4. The van der Waals surface area contributed by atoms with Crippen molar-refractivity contribution in [2.45, 2.75) is 26.3 Å². The highest BCUT2D eigenvalue weighted by Crippen LogP contribution is 2.23. The van der Waals surface area contributed by atoms with Crippen LogP contribution in [0.5, 0.6) is 5.75 Å². The zero-order valence-corrected chi connectivity index (χ0v) is 15.1. The first-order chi connectivity index (χ1) is 12.6. The number of para-hydroxylation sites is 1. The molecule has 6 heteroatoms. The van der Waals surface area contributed by atoms with E-state index in [0.717, 1.165) is 17.0 Å². The first-order valence-electron chi connectivity index (χ1n) is 8.51. The van der Waals surface area contributed by atoms with Gasteiger partial charge in [-0.3, -0.25) is 4.79 Å².